The Hall–Kier alpha value is -1.99. The molecule has 3 aliphatic rings. The van der Waals surface area contributed by atoms with Crippen LogP contribution >= 0.6 is 0 Å². The van der Waals surface area contributed by atoms with Crippen LogP contribution in [0.2, 0.25) is 0 Å². The minimum Gasteiger partial charge on any atom is -0.378 e. The fraction of sp³-hybridized carbons (Fsp3) is 0.632. The van der Waals surface area contributed by atoms with Gasteiger partial charge >= 0.3 is 0 Å². The summed E-state index contributed by atoms with van der Waals surface area (Å²) in [6.45, 7) is 4.88. The average molecular weight is 359 g/mol. The number of fused-ring (bicyclic) bond motifs is 4. The quantitative estimate of drug-likeness (QED) is 0.713. The van der Waals surface area contributed by atoms with Crippen LogP contribution in [-0.4, -0.2) is 72.0 Å². The zero-order valence-electron chi connectivity index (χ0n) is 14.9. The van der Waals surface area contributed by atoms with E-state index in [1.54, 1.807) is 11.0 Å². The molecule has 1 amide bonds. The molecule has 4 rings (SSSR count). The number of rotatable bonds is 4. The maximum atomic E-state index is 12.4. The van der Waals surface area contributed by atoms with Crippen molar-refractivity contribution in [2.45, 2.75) is 25.3 Å². The number of carbonyl (C=O) groups excluding carboxylic acids is 2. The molecule has 7 nitrogen and oxygen atoms in total. The summed E-state index contributed by atoms with van der Waals surface area (Å²) in [6.07, 6.45) is 1.04. The van der Waals surface area contributed by atoms with Crippen LogP contribution in [0.1, 0.15) is 24.5 Å². The molecular formula is C19H25N3O4. The summed E-state index contributed by atoms with van der Waals surface area (Å²) in [6, 6.07) is 5.46. The average Bonchev–Trinajstić information content (AvgIpc) is 2.63. The van der Waals surface area contributed by atoms with Gasteiger partial charge in [0.15, 0.2) is 5.78 Å². The number of amides is 1. The van der Waals surface area contributed by atoms with Crippen LogP contribution in [0.15, 0.2) is 23.0 Å². The maximum absolute atomic E-state index is 12.4. The van der Waals surface area contributed by atoms with Gasteiger partial charge in [0, 0.05) is 50.4 Å². The van der Waals surface area contributed by atoms with Crippen LogP contribution in [0.4, 0.5) is 0 Å². The van der Waals surface area contributed by atoms with Gasteiger partial charge in [-0.05, 0) is 18.4 Å². The third kappa shape index (κ3) is 3.59. The number of likely N-dealkylation sites (tertiary alicyclic amines) is 1. The van der Waals surface area contributed by atoms with Crippen molar-refractivity contribution >= 4 is 11.7 Å². The largest absolute Gasteiger partial charge is 0.378 e. The first-order chi connectivity index (χ1) is 12.6. The molecule has 7 heteroatoms. The second-order valence-electron chi connectivity index (χ2n) is 7.60. The third-order valence-electron chi connectivity index (χ3n) is 5.67. The Bertz CT molecular complexity index is 753. The predicted octanol–water partition coefficient (Wildman–Crippen LogP) is 0.0854. The summed E-state index contributed by atoms with van der Waals surface area (Å²) in [5.41, 5.74) is 1.15. The molecular weight excluding hydrogens is 334 g/mol. The van der Waals surface area contributed by atoms with Gasteiger partial charge in [0.05, 0.1) is 26.2 Å². The maximum Gasteiger partial charge on any atom is 0.250 e. The van der Waals surface area contributed by atoms with Gasteiger partial charge in [0.25, 0.3) is 5.56 Å². The Morgan fingerprint density at radius 2 is 1.92 bits per heavy atom. The van der Waals surface area contributed by atoms with Crippen molar-refractivity contribution in [1.82, 2.24) is 14.4 Å². The molecule has 2 unspecified atom stereocenters. The van der Waals surface area contributed by atoms with E-state index in [0.717, 1.165) is 31.7 Å². The predicted molar refractivity (Wildman–Crippen MR) is 95.0 cm³/mol. The number of ketones is 1. The molecule has 1 aromatic rings. The summed E-state index contributed by atoms with van der Waals surface area (Å²) in [4.78, 5) is 40.6. The highest BCUT2D eigenvalue weighted by molar-refractivity contribution is 5.99. The highest BCUT2D eigenvalue weighted by Crippen LogP contribution is 2.34. The van der Waals surface area contributed by atoms with Gasteiger partial charge in [-0.2, -0.15) is 0 Å². The molecule has 3 aliphatic heterocycles. The SMILES string of the molecule is O=C(CC(=O)N1CCOCC1)CN1CC2CC(C1)c1cccc(=O)n1C2. The van der Waals surface area contributed by atoms with Crippen molar-refractivity contribution in [2.75, 3.05) is 45.9 Å². The van der Waals surface area contributed by atoms with E-state index in [-0.39, 0.29) is 23.7 Å². The van der Waals surface area contributed by atoms with E-state index in [1.807, 2.05) is 16.7 Å². The lowest BCUT2D eigenvalue weighted by molar-refractivity contribution is -0.139. The van der Waals surface area contributed by atoms with Crippen LogP contribution in [0.25, 0.3) is 0 Å². The number of nitrogens with zero attached hydrogens (tertiary/aromatic N) is 3. The monoisotopic (exact) mass is 359 g/mol. The molecule has 2 fully saturated rings. The summed E-state index contributed by atoms with van der Waals surface area (Å²) >= 11 is 0. The lowest BCUT2D eigenvalue weighted by atomic mass is 9.83. The lowest BCUT2D eigenvalue weighted by Crippen LogP contribution is -2.49. The van der Waals surface area contributed by atoms with Gasteiger partial charge in [0.1, 0.15) is 0 Å². The van der Waals surface area contributed by atoms with Gasteiger partial charge in [-0.25, -0.2) is 0 Å². The van der Waals surface area contributed by atoms with Crippen molar-refractivity contribution in [3.8, 4) is 0 Å². The van der Waals surface area contributed by atoms with E-state index in [1.165, 1.54) is 0 Å². The van der Waals surface area contributed by atoms with Crippen molar-refractivity contribution in [1.29, 1.82) is 0 Å². The summed E-state index contributed by atoms with van der Waals surface area (Å²) in [5.74, 6) is 0.572. The zero-order chi connectivity index (χ0) is 18.1. The third-order valence-corrected chi connectivity index (χ3v) is 5.67. The molecule has 2 atom stereocenters. The Morgan fingerprint density at radius 3 is 2.73 bits per heavy atom. The number of ether oxygens (including phenoxy) is 1. The number of piperidine rings is 1. The van der Waals surface area contributed by atoms with Crippen molar-refractivity contribution in [2.24, 2.45) is 5.92 Å². The highest BCUT2D eigenvalue weighted by Gasteiger charge is 2.35. The second kappa shape index (κ2) is 7.32. The van der Waals surface area contributed by atoms with Gasteiger partial charge in [0.2, 0.25) is 5.91 Å². The molecule has 0 saturated carbocycles. The molecule has 0 spiro atoms. The Labute approximate surface area is 152 Å². The molecule has 0 aromatic carbocycles. The lowest BCUT2D eigenvalue weighted by Gasteiger charge is -2.42. The van der Waals surface area contributed by atoms with E-state index >= 15 is 0 Å². The summed E-state index contributed by atoms with van der Waals surface area (Å²) in [7, 11) is 0. The molecule has 2 bridgehead atoms. The number of hydrogen-bond acceptors (Lipinski definition) is 5. The number of morpholine rings is 1. The van der Waals surface area contributed by atoms with Crippen molar-refractivity contribution in [3.05, 3.63) is 34.2 Å². The van der Waals surface area contributed by atoms with Gasteiger partial charge in [-0.3, -0.25) is 19.3 Å². The van der Waals surface area contributed by atoms with E-state index in [4.69, 9.17) is 4.74 Å². The van der Waals surface area contributed by atoms with Crippen molar-refractivity contribution < 1.29 is 14.3 Å². The van der Waals surface area contributed by atoms with E-state index in [9.17, 15) is 14.4 Å². The first-order valence-electron chi connectivity index (χ1n) is 9.39. The first kappa shape index (κ1) is 17.4. The summed E-state index contributed by atoms with van der Waals surface area (Å²) < 4.78 is 7.13. The molecule has 1 aromatic heterocycles. The smallest absolute Gasteiger partial charge is 0.250 e. The molecule has 140 valence electrons. The van der Waals surface area contributed by atoms with E-state index in [0.29, 0.717) is 44.7 Å². The number of Topliss-reactive ketones (excluding diaryl/α,β-unsaturated/α-hetero) is 1. The second-order valence-corrected chi connectivity index (χ2v) is 7.60. The van der Waals surface area contributed by atoms with Gasteiger partial charge in [-0.15, -0.1) is 0 Å². The van der Waals surface area contributed by atoms with Crippen LogP contribution in [-0.2, 0) is 20.9 Å². The number of pyridine rings is 1. The molecule has 0 radical (unpaired) electrons. The van der Waals surface area contributed by atoms with E-state index in [2.05, 4.69) is 4.90 Å². The molecule has 0 N–H and O–H groups in total. The summed E-state index contributed by atoms with van der Waals surface area (Å²) in [5, 5.41) is 0. The number of hydrogen-bond donors (Lipinski definition) is 0. The standard InChI is InChI=1S/C19H25N3O4/c23-16(9-19(25)21-4-6-26-7-5-21)13-20-10-14-8-15(12-20)17-2-1-3-18(24)22(17)11-14/h1-3,14-15H,4-13H2. The van der Waals surface area contributed by atoms with Gasteiger partial charge in [-0.1, -0.05) is 6.07 Å². The number of carbonyl (C=O) groups is 2. The minimum atomic E-state index is -0.0904. The van der Waals surface area contributed by atoms with Gasteiger partial charge < -0.3 is 14.2 Å². The Kier molecular flexibility index (Phi) is 4.91. The van der Waals surface area contributed by atoms with Crippen LogP contribution in [0, 0.1) is 5.92 Å². The fourth-order valence-electron chi connectivity index (χ4n) is 4.52. The Morgan fingerprint density at radius 1 is 1.12 bits per heavy atom. The van der Waals surface area contributed by atoms with Crippen LogP contribution in [0.5, 0.6) is 0 Å². The molecule has 0 aliphatic carbocycles. The van der Waals surface area contributed by atoms with E-state index < -0.39 is 0 Å². The Balaban J connectivity index is 1.36. The first-order valence-corrected chi connectivity index (χ1v) is 9.39. The molecule has 26 heavy (non-hydrogen) atoms. The normalized spacial score (nSPS) is 25.6. The zero-order valence-corrected chi connectivity index (χ0v) is 14.9. The molecule has 4 heterocycles. The van der Waals surface area contributed by atoms with Crippen LogP contribution in [0.3, 0.4) is 0 Å². The molecule has 2 saturated heterocycles. The fourth-order valence-corrected chi connectivity index (χ4v) is 4.52. The highest BCUT2D eigenvalue weighted by atomic mass is 16.5. The van der Waals surface area contributed by atoms with Crippen molar-refractivity contribution in [3.63, 3.8) is 0 Å². The number of aromatic nitrogens is 1. The minimum absolute atomic E-state index is 0.0214. The topological polar surface area (TPSA) is 71.8 Å². The van der Waals surface area contributed by atoms with Crippen LogP contribution < -0.4 is 5.56 Å².